The quantitative estimate of drug-likeness (QED) is 0.517. The minimum absolute atomic E-state index is 0.110. The summed E-state index contributed by atoms with van der Waals surface area (Å²) in [4.78, 5) is 14.1. The molecule has 0 saturated heterocycles. The predicted molar refractivity (Wildman–Crippen MR) is 67.9 cm³/mol. The fourth-order valence-corrected chi connectivity index (χ4v) is 1.43. The lowest BCUT2D eigenvalue weighted by molar-refractivity contribution is -0.385. The lowest BCUT2D eigenvalue weighted by atomic mass is 10.2. The highest BCUT2D eigenvalue weighted by atomic mass is 16.6. The molecular formula is C13H9N2O4-. The summed E-state index contributed by atoms with van der Waals surface area (Å²) in [6.07, 6.45) is 1.27. The molecule has 0 aliphatic rings. The average molecular weight is 257 g/mol. The Kier molecular flexibility index (Phi) is 3.42. The second-order valence-corrected chi connectivity index (χ2v) is 3.75. The minimum Gasteiger partial charge on any atom is -0.872 e. The Morgan fingerprint density at radius 2 is 1.84 bits per heavy atom. The molecule has 96 valence electrons. The highest BCUT2D eigenvalue weighted by Crippen LogP contribution is 2.21. The van der Waals surface area contributed by atoms with E-state index in [-0.39, 0.29) is 22.7 Å². The number of non-ortho nitro benzene ring substituents is 1. The van der Waals surface area contributed by atoms with Crippen molar-refractivity contribution >= 4 is 17.6 Å². The number of benzene rings is 2. The van der Waals surface area contributed by atoms with Crippen LogP contribution in [0.4, 0.5) is 11.4 Å². The second kappa shape index (κ2) is 5.18. The maximum Gasteiger partial charge on any atom is 0.270 e. The molecule has 0 aromatic heterocycles. The molecule has 6 nitrogen and oxygen atoms in total. The number of aromatic hydroxyl groups is 1. The van der Waals surface area contributed by atoms with Crippen LogP contribution in [0.1, 0.15) is 5.56 Å². The molecule has 0 amide bonds. The first-order valence-electron chi connectivity index (χ1n) is 5.35. The van der Waals surface area contributed by atoms with Crippen LogP contribution in [0.25, 0.3) is 0 Å². The topological polar surface area (TPSA) is 98.8 Å². The summed E-state index contributed by atoms with van der Waals surface area (Å²) in [5.74, 6) is -0.230. The number of phenolic OH excluding ortho intramolecular Hbond substituents is 1. The third-order valence-electron chi connectivity index (χ3n) is 2.41. The molecule has 1 N–H and O–H groups in total. The summed E-state index contributed by atoms with van der Waals surface area (Å²) in [6.45, 7) is 0. The largest absolute Gasteiger partial charge is 0.872 e. The van der Waals surface area contributed by atoms with Crippen LogP contribution in [-0.2, 0) is 0 Å². The third kappa shape index (κ3) is 3.06. The van der Waals surface area contributed by atoms with Crippen LogP contribution in [0.5, 0.6) is 11.5 Å². The molecule has 6 heteroatoms. The van der Waals surface area contributed by atoms with E-state index in [2.05, 4.69) is 4.99 Å². The van der Waals surface area contributed by atoms with Gasteiger partial charge in [0.15, 0.2) is 0 Å². The molecular weight excluding hydrogens is 248 g/mol. The average Bonchev–Trinajstić information content (AvgIpc) is 2.39. The first-order valence-corrected chi connectivity index (χ1v) is 5.35. The SMILES string of the molecule is O=[N+]([O-])c1ccc([O-])c(C=Nc2ccc(O)cc2)c1. The smallest absolute Gasteiger partial charge is 0.270 e. The van der Waals surface area contributed by atoms with Gasteiger partial charge in [0.25, 0.3) is 5.69 Å². The highest BCUT2D eigenvalue weighted by Gasteiger charge is 2.05. The van der Waals surface area contributed by atoms with Gasteiger partial charge in [-0.3, -0.25) is 15.1 Å². The van der Waals surface area contributed by atoms with Gasteiger partial charge in [-0.1, -0.05) is 11.8 Å². The Balaban J connectivity index is 2.29. The molecule has 19 heavy (non-hydrogen) atoms. The number of hydrogen-bond donors (Lipinski definition) is 1. The minimum atomic E-state index is -0.572. The number of nitro benzene ring substituents is 1. The Bertz CT molecular complexity index is 636. The second-order valence-electron chi connectivity index (χ2n) is 3.75. The fraction of sp³-hybridized carbons (Fsp3) is 0. The normalized spacial score (nSPS) is 10.7. The van der Waals surface area contributed by atoms with Crippen LogP contribution >= 0.6 is 0 Å². The van der Waals surface area contributed by atoms with E-state index in [1.165, 1.54) is 24.4 Å². The van der Waals surface area contributed by atoms with Crippen molar-refractivity contribution in [3.05, 3.63) is 58.1 Å². The molecule has 0 unspecified atom stereocenters. The molecule has 0 aliphatic heterocycles. The van der Waals surface area contributed by atoms with Crippen LogP contribution < -0.4 is 5.11 Å². The summed E-state index contributed by atoms with van der Waals surface area (Å²) >= 11 is 0. The first-order chi connectivity index (χ1) is 9.06. The fourth-order valence-electron chi connectivity index (χ4n) is 1.43. The Hall–Kier alpha value is -2.89. The van der Waals surface area contributed by atoms with E-state index in [0.717, 1.165) is 12.1 Å². The van der Waals surface area contributed by atoms with Gasteiger partial charge in [0, 0.05) is 18.3 Å². The number of phenols is 1. The van der Waals surface area contributed by atoms with E-state index in [1.807, 2.05) is 0 Å². The number of hydrogen-bond acceptors (Lipinski definition) is 5. The molecule has 0 heterocycles. The zero-order chi connectivity index (χ0) is 13.8. The van der Waals surface area contributed by atoms with Gasteiger partial charge in [0.2, 0.25) is 0 Å². The molecule has 0 bridgehead atoms. The van der Waals surface area contributed by atoms with E-state index >= 15 is 0 Å². The van der Waals surface area contributed by atoms with Gasteiger partial charge in [-0.25, -0.2) is 0 Å². The van der Waals surface area contributed by atoms with Crippen LogP contribution in [-0.4, -0.2) is 16.2 Å². The van der Waals surface area contributed by atoms with E-state index in [9.17, 15) is 15.2 Å². The lowest BCUT2D eigenvalue weighted by Crippen LogP contribution is -1.97. The van der Waals surface area contributed by atoms with Crippen LogP contribution in [0.3, 0.4) is 0 Å². The lowest BCUT2D eigenvalue weighted by Gasteiger charge is -2.08. The Morgan fingerprint density at radius 1 is 1.16 bits per heavy atom. The van der Waals surface area contributed by atoms with Crippen molar-refractivity contribution < 1.29 is 15.1 Å². The number of nitro groups is 1. The van der Waals surface area contributed by atoms with Gasteiger partial charge in [-0.05, 0) is 29.8 Å². The molecule has 0 fully saturated rings. The summed E-state index contributed by atoms with van der Waals surface area (Å²) in [6, 6.07) is 9.50. The predicted octanol–water partition coefficient (Wildman–Crippen LogP) is 2.12. The van der Waals surface area contributed by atoms with Crippen molar-refractivity contribution in [2.45, 2.75) is 0 Å². The summed E-state index contributed by atoms with van der Waals surface area (Å²) in [5.41, 5.74) is 0.512. The molecule has 0 aliphatic carbocycles. The van der Waals surface area contributed by atoms with Gasteiger partial charge >= 0.3 is 0 Å². The zero-order valence-electron chi connectivity index (χ0n) is 9.69. The molecule has 0 radical (unpaired) electrons. The molecule has 0 atom stereocenters. The van der Waals surface area contributed by atoms with E-state index in [1.54, 1.807) is 12.1 Å². The Morgan fingerprint density at radius 3 is 2.47 bits per heavy atom. The molecule has 0 spiro atoms. The van der Waals surface area contributed by atoms with Crippen molar-refractivity contribution in [1.29, 1.82) is 0 Å². The maximum absolute atomic E-state index is 11.5. The number of rotatable bonds is 3. The maximum atomic E-state index is 11.5. The van der Waals surface area contributed by atoms with Crippen molar-refractivity contribution in [2.75, 3.05) is 0 Å². The Labute approximate surface area is 108 Å². The van der Waals surface area contributed by atoms with Crippen molar-refractivity contribution in [3.63, 3.8) is 0 Å². The number of aliphatic imine (C=N–C) groups is 1. The monoisotopic (exact) mass is 257 g/mol. The third-order valence-corrected chi connectivity index (χ3v) is 2.41. The van der Waals surface area contributed by atoms with E-state index in [4.69, 9.17) is 5.11 Å². The van der Waals surface area contributed by atoms with Crippen LogP contribution in [0.2, 0.25) is 0 Å². The first kappa shape index (κ1) is 12.6. The van der Waals surface area contributed by atoms with Crippen molar-refractivity contribution in [1.82, 2.24) is 0 Å². The highest BCUT2D eigenvalue weighted by molar-refractivity contribution is 5.86. The summed E-state index contributed by atoms with van der Waals surface area (Å²) in [7, 11) is 0. The van der Waals surface area contributed by atoms with Crippen molar-refractivity contribution in [2.24, 2.45) is 4.99 Å². The van der Waals surface area contributed by atoms with Gasteiger partial charge < -0.3 is 10.2 Å². The zero-order valence-corrected chi connectivity index (χ0v) is 9.69. The molecule has 2 rings (SSSR count). The van der Waals surface area contributed by atoms with E-state index < -0.39 is 4.92 Å². The van der Waals surface area contributed by atoms with Gasteiger partial charge in [-0.15, -0.1) is 0 Å². The molecule has 0 saturated carbocycles. The number of nitrogens with zero attached hydrogens (tertiary/aromatic N) is 2. The summed E-state index contributed by atoms with van der Waals surface area (Å²) < 4.78 is 0. The van der Waals surface area contributed by atoms with Crippen molar-refractivity contribution in [3.8, 4) is 11.5 Å². The van der Waals surface area contributed by atoms with Gasteiger partial charge in [-0.2, -0.15) is 0 Å². The van der Waals surface area contributed by atoms with Crippen LogP contribution in [0.15, 0.2) is 47.5 Å². The standard InChI is InChI=1S/C13H10N2O4/c16-12-4-1-10(2-5-12)14-8-9-7-11(15(18)19)3-6-13(9)17/h1-8,16-17H/p-1. The van der Waals surface area contributed by atoms with Gasteiger partial charge in [0.1, 0.15) is 5.75 Å². The molecule has 2 aromatic carbocycles. The van der Waals surface area contributed by atoms with Crippen LogP contribution in [0, 0.1) is 10.1 Å². The van der Waals surface area contributed by atoms with Gasteiger partial charge in [0.05, 0.1) is 10.6 Å². The summed E-state index contributed by atoms with van der Waals surface area (Å²) in [5, 5.41) is 31.2. The molecule has 2 aromatic rings. The van der Waals surface area contributed by atoms with E-state index in [0.29, 0.717) is 5.69 Å².